The average molecular weight is 271 g/mol. The highest BCUT2D eigenvalue weighted by atomic mass is 16.5. The Hall–Kier alpha value is -3.05. The van der Waals surface area contributed by atoms with Gasteiger partial charge in [0, 0.05) is 0 Å². The third-order valence-corrected chi connectivity index (χ3v) is 3.16. The molecule has 3 rings (SSSR count). The fraction of sp³-hybridized carbons (Fsp3) is 0. The van der Waals surface area contributed by atoms with Gasteiger partial charge in [0.05, 0.1) is 11.6 Å². The van der Waals surface area contributed by atoms with Crippen LogP contribution in [0, 0.1) is 11.3 Å². The highest BCUT2D eigenvalue weighted by Gasteiger charge is 2.00. The Bertz CT molecular complexity index is 771. The van der Waals surface area contributed by atoms with Crippen molar-refractivity contribution in [1.29, 1.82) is 5.26 Å². The molecule has 2 heteroatoms. The predicted octanol–water partition coefficient (Wildman–Crippen LogP) is 5.02. The van der Waals surface area contributed by atoms with Crippen molar-refractivity contribution < 1.29 is 4.74 Å². The van der Waals surface area contributed by atoms with Crippen molar-refractivity contribution in [3.05, 3.63) is 84.4 Å². The van der Waals surface area contributed by atoms with Crippen LogP contribution in [-0.4, -0.2) is 0 Å². The van der Waals surface area contributed by atoms with Crippen LogP contribution in [0.25, 0.3) is 11.1 Å². The molecule has 0 aliphatic heterocycles. The van der Waals surface area contributed by atoms with Gasteiger partial charge >= 0.3 is 0 Å². The minimum Gasteiger partial charge on any atom is -0.457 e. The summed E-state index contributed by atoms with van der Waals surface area (Å²) < 4.78 is 5.76. The number of hydrogen-bond donors (Lipinski definition) is 0. The van der Waals surface area contributed by atoms with E-state index >= 15 is 0 Å². The van der Waals surface area contributed by atoms with Crippen molar-refractivity contribution in [3.63, 3.8) is 0 Å². The van der Waals surface area contributed by atoms with E-state index in [-0.39, 0.29) is 0 Å². The third-order valence-electron chi connectivity index (χ3n) is 3.16. The topological polar surface area (TPSA) is 33.0 Å². The highest BCUT2D eigenvalue weighted by molar-refractivity contribution is 5.64. The molecular weight excluding hydrogens is 258 g/mol. The van der Waals surface area contributed by atoms with Crippen LogP contribution in [-0.2, 0) is 0 Å². The summed E-state index contributed by atoms with van der Waals surface area (Å²) in [7, 11) is 0. The van der Waals surface area contributed by atoms with E-state index in [1.165, 1.54) is 5.56 Å². The Morgan fingerprint density at radius 2 is 1.38 bits per heavy atom. The molecule has 100 valence electrons. The molecule has 0 fully saturated rings. The zero-order chi connectivity index (χ0) is 14.5. The standard InChI is InChI=1S/C19H13NO/c20-14-15-5-4-8-19(13-15)21-18-11-9-17(10-12-18)16-6-2-1-3-7-16/h1-13H. The van der Waals surface area contributed by atoms with Crippen LogP contribution in [0.2, 0.25) is 0 Å². The second-order valence-electron chi connectivity index (χ2n) is 4.63. The number of rotatable bonds is 3. The fourth-order valence-corrected chi connectivity index (χ4v) is 2.11. The number of hydrogen-bond acceptors (Lipinski definition) is 2. The summed E-state index contributed by atoms with van der Waals surface area (Å²) in [6, 6.07) is 27.4. The minimum absolute atomic E-state index is 0.591. The first-order valence-corrected chi connectivity index (χ1v) is 6.69. The molecule has 0 heterocycles. The lowest BCUT2D eigenvalue weighted by Crippen LogP contribution is -1.85. The summed E-state index contributed by atoms with van der Waals surface area (Å²) in [5, 5.41) is 8.89. The van der Waals surface area contributed by atoms with E-state index in [0.29, 0.717) is 11.3 Å². The number of ether oxygens (including phenoxy) is 1. The first-order valence-electron chi connectivity index (χ1n) is 6.69. The molecule has 0 amide bonds. The SMILES string of the molecule is N#Cc1cccc(Oc2ccc(-c3ccccc3)cc2)c1. The average Bonchev–Trinajstić information content (AvgIpc) is 2.56. The van der Waals surface area contributed by atoms with Crippen molar-refractivity contribution in [2.45, 2.75) is 0 Å². The zero-order valence-corrected chi connectivity index (χ0v) is 11.4. The van der Waals surface area contributed by atoms with Crippen molar-refractivity contribution in [3.8, 4) is 28.7 Å². The van der Waals surface area contributed by atoms with E-state index in [4.69, 9.17) is 10.00 Å². The Morgan fingerprint density at radius 1 is 0.667 bits per heavy atom. The summed E-state index contributed by atoms with van der Waals surface area (Å²) in [5.74, 6) is 1.42. The van der Waals surface area contributed by atoms with Gasteiger partial charge in [0.15, 0.2) is 0 Å². The second kappa shape index (κ2) is 5.94. The van der Waals surface area contributed by atoms with Crippen molar-refractivity contribution in [1.82, 2.24) is 0 Å². The van der Waals surface area contributed by atoms with Gasteiger partial charge in [-0.25, -0.2) is 0 Å². The molecule has 0 aromatic heterocycles. The minimum atomic E-state index is 0.591. The first-order chi connectivity index (χ1) is 10.3. The van der Waals surface area contributed by atoms with E-state index in [1.54, 1.807) is 12.1 Å². The van der Waals surface area contributed by atoms with E-state index in [1.807, 2.05) is 54.6 Å². The molecule has 0 spiro atoms. The van der Waals surface area contributed by atoms with Gasteiger partial charge in [0.2, 0.25) is 0 Å². The molecule has 0 saturated carbocycles. The largest absolute Gasteiger partial charge is 0.457 e. The summed E-state index contributed by atoms with van der Waals surface area (Å²) in [6.45, 7) is 0. The molecule has 0 aliphatic carbocycles. The zero-order valence-electron chi connectivity index (χ0n) is 11.4. The van der Waals surface area contributed by atoms with Gasteiger partial charge in [0.25, 0.3) is 0 Å². The quantitative estimate of drug-likeness (QED) is 0.670. The van der Waals surface area contributed by atoms with Gasteiger partial charge in [-0.15, -0.1) is 0 Å². The maximum atomic E-state index is 8.89. The van der Waals surface area contributed by atoms with Crippen LogP contribution in [0.3, 0.4) is 0 Å². The molecule has 0 atom stereocenters. The summed E-state index contributed by atoms with van der Waals surface area (Å²) in [5.41, 5.74) is 2.91. The monoisotopic (exact) mass is 271 g/mol. The van der Waals surface area contributed by atoms with Gasteiger partial charge in [-0.2, -0.15) is 5.26 Å². The van der Waals surface area contributed by atoms with Crippen LogP contribution in [0.15, 0.2) is 78.9 Å². The Kier molecular flexibility index (Phi) is 3.66. The van der Waals surface area contributed by atoms with Crippen LogP contribution in [0.5, 0.6) is 11.5 Å². The van der Waals surface area contributed by atoms with E-state index in [0.717, 1.165) is 11.3 Å². The van der Waals surface area contributed by atoms with E-state index in [9.17, 15) is 0 Å². The molecule has 0 bridgehead atoms. The van der Waals surface area contributed by atoms with Crippen molar-refractivity contribution in [2.75, 3.05) is 0 Å². The maximum Gasteiger partial charge on any atom is 0.128 e. The second-order valence-corrected chi connectivity index (χ2v) is 4.63. The number of nitrogens with zero attached hydrogens (tertiary/aromatic N) is 1. The molecular formula is C19H13NO. The van der Waals surface area contributed by atoms with Crippen molar-refractivity contribution in [2.24, 2.45) is 0 Å². The van der Waals surface area contributed by atoms with Gasteiger partial charge in [0.1, 0.15) is 11.5 Å². The molecule has 3 aromatic carbocycles. The smallest absolute Gasteiger partial charge is 0.128 e. The lowest BCUT2D eigenvalue weighted by Gasteiger charge is -2.07. The van der Waals surface area contributed by atoms with E-state index < -0.39 is 0 Å². The lowest BCUT2D eigenvalue weighted by molar-refractivity contribution is 0.482. The molecule has 0 saturated heterocycles. The van der Waals surface area contributed by atoms with Crippen LogP contribution >= 0.6 is 0 Å². The lowest BCUT2D eigenvalue weighted by atomic mass is 10.1. The van der Waals surface area contributed by atoms with Crippen LogP contribution in [0.4, 0.5) is 0 Å². The van der Waals surface area contributed by atoms with E-state index in [2.05, 4.69) is 18.2 Å². The Balaban J connectivity index is 1.80. The number of benzene rings is 3. The Morgan fingerprint density at radius 3 is 2.10 bits per heavy atom. The number of nitriles is 1. The van der Waals surface area contributed by atoms with Gasteiger partial charge in [-0.05, 0) is 41.5 Å². The van der Waals surface area contributed by atoms with Crippen LogP contribution in [0.1, 0.15) is 5.56 Å². The molecule has 0 radical (unpaired) electrons. The highest BCUT2D eigenvalue weighted by Crippen LogP contribution is 2.26. The normalized spacial score (nSPS) is 9.86. The maximum absolute atomic E-state index is 8.89. The van der Waals surface area contributed by atoms with Gasteiger partial charge < -0.3 is 4.74 Å². The molecule has 2 nitrogen and oxygen atoms in total. The molecule has 3 aromatic rings. The summed E-state index contributed by atoms with van der Waals surface area (Å²) in [4.78, 5) is 0. The summed E-state index contributed by atoms with van der Waals surface area (Å²) >= 11 is 0. The molecule has 0 unspecified atom stereocenters. The predicted molar refractivity (Wildman–Crippen MR) is 83.1 cm³/mol. The summed E-state index contributed by atoms with van der Waals surface area (Å²) in [6.07, 6.45) is 0. The first kappa shape index (κ1) is 13.0. The van der Waals surface area contributed by atoms with Gasteiger partial charge in [-0.3, -0.25) is 0 Å². The van der Waals surface area contributed by atoms with Gasteiger partial charge in [-0.1, -0.05) is 48.5 Å². The molecule has 21 heavy (non-hydrogen) atoms. The van der Waals surface area contributed by atoms with Crippen LogP contribution < -0.4 is 4.74 Å². The third kappa shape index (κ3) is 3.10. The Labute approximate surface area is 123 Å². The molecule has 0 N–H and O–H groups in total. The molecule has 0 aliphatic rings. The van der Waals surface area contributed by atoms with Crippen molar-refractivity contribution >= 4 is 0 Å². The fourth-order valence-electron chi connectivity index (χ4n) is 2.11.